The number of carbonyl (C=O) groups is 1. The van der Waals surface area contributed by atoms with Gasteiger partial charge in [0.1, 0.15) is 6.54 Å². The van der Waals surface area contributed by atoms with E-state index in [9.17, 15) is 18.0 Å². The van der Waals surface area contributed by atoms with E-state index in [1.807, 2.05) is 0 Å². The number of oxazole rings is 1. The number of fused-ring (bicyclic) bond motifs is 1. The van der Waals surface area contributed by atoms with E-state index in [0.717, 1.165) is 4.57 Å². The van der Waals surface area contributed by atoms with Crippen molar-refractivity contribution in [3.63, 3.8) is 0 Å². The Bertz CT molecular complexity index is 1200. The van der Waals surface area contributed by atoms with Crippen molar-refractivity contribution in [2.24, 2.45) is 0 Å². The Morgan fingerprint density at radius 2 is 2.00 bits per heavy atom. The van der Waals surface area contributed by atoms with Gasteiger partial charge < -0.3 is 9.15 Å². The minimum atomic E-state index is -3.95. The van der Waals surface area contributed by atoms with E-state index in [-0.39, 0.29) is 22.5 Å². The summed E-state index contributed by atoms with van der Waals surface area (Å²) in [6, 6.07) is 8.76. The Balaban J connectivity index is 2.00. The summed E-state index contributed by atoms with van der Waals surface area (Å²) in [5.74, 6) is -1.42. The SMILES string of the molecule is COC(=O)Cn1c(=O)oc2cc(S(=O)(=O)Nc3cc(Cl)ccc3C)ccc21. The molecule has 0 atom stereocenters. The molecule has 1 N–H and O–H groups in total. The Hall–Kier alpha value is -2.78. The smallest absolute Gasteiger partial charge is 0.420 e. The Morgan fingerprint density at radius 3 is 2.70 bits per heavy atom. The second-order valence-corrected chi connectivity index (χ2v) is 7.84. The zero-order chi connectivity index (χ0) is 19.8. The van der Waals surface area contributed by atoms with Crippen molar-refractivity contribution in [2.75, 3.05) is 11.8 Å². The first-order chi connectivity index (χ1) is 12.7. The molecular formula is C17H15ClN2O6S. The van der Waals surface area contributed by atoms with Crippen LogP contribution in [0.1, 0.15) is 5.56 Å². The minimum absolute atomic E-state index is 0.0367. The number of benzene rings is 2. The first-order valence-electron chi connectivity index (χ1n) is 7.70. The van der Waals surface area contributed by atoms with E-state index in [2.05, 4.69) is 9.46 Å². The fourth-order valence-corrected chi connectivity index (χ4v) is 3.77. The summed E-state index contributed by atoms with van der Waals surface area (Å²) in [4.78, 5) is 23.3. The number of aryl methyl sites for hydroxylation is 1. The lowest BCUT2D eigenvalue weighted by Gasteiger charge is -2.11. The molecule has 1 heterocycles. The molecule has 0 bridgehead atoms. The van der Waals surface area contributed by atoms with E-state index < -0.39 is 21.7 Å². The molecular weight excluding hydrogens is 396 g/mol. The van der Waals surface area contributed by atoms with Gasteiger partial charge in [-0.25, -0.2) is 13.2 Å². The Morgan fingerprint density at radius 1 is 1.26 bits per heavy atom. The van der Waals surface area contributed by atoms with Crippen LogP contribution in [-0.2, 0) is 26.1 Å². The van der Waals surface area contributed by atoms with Crippen LogP contribution >= 0.6 is 11.6 Å². The van der Waals surface area contributed by atoms with Crippen LogP contribution in [0.25, 0.3) is 11.1 Å². The minimum Gasteiger partial charge on any atom is -0.468 e. The molecule has 0 fully saturated rings. The molecule has 0 aliphatic rings. The quantitative estimate of drug-likeness (QED) is 0.647. The molecule has 10 heteroatoms. The summed E-state index contributed by atoms with van der Waals surface area (Å²) in [5.41, 5.74) is 1.35. The standard InChI is InChI=1S/C17H15ClN2O6S/c1-10-3-4-11(18)7-13(10)19-27(23,24)12-5-6-14-15(8-12)26-17(22)20(14)9-16(21)25-2/h3-8,19H,9H2,1-2H3. The molecule has 0 saturated carbocycles. The number of ether oxygens (including phenoxy) is 1. The molecule has 2 aromatic carbocycles. The number of methoxy groups -OCH3 is 1. The zero-order valence-corrected chi connectivity index (χ0v) is 15.9. The molecule has 8 nitrogen and oxygen atoms in total. The molecule has 0 saturated heterocycles. The molecule has 27 heavy (non-hydrogen) atoms. The van der Waals surface area contributed by atoms with E-state index in [4.69, 9.17) is 16.0 Å². The second kappa shape index (κ2) is 7.09. The molecule has 0 aliphatic heterocycles. The molecule has 0 spiro atoms. The highest BCUT2D eigenvalue weighted by Crippen LogP contribution is 2.25. The number of esters is 1. The second-order valence-electron chi connectivity index (χ2n) is 5.72. The summed E-state index contributed by atoms with van der Waals surface area (Å²) in [7, 11) is -2.75. The van der Waals surface area contributed by atoms with E-state index in [1.165, 1.54) is 31.4 Å². The van der Waals surface area contributed by atoms with Crippen LogP contribution in [0.15, 0.2) is 50.5 Å². The number of aromatic nitrogens is 1. The Kier molecular flexibility index (Phi) is 4.99. The van der Waals surface area contributed by atoms with Crippen molar-refractivity contribution in [3.05, 3.63) is 57.5 Å². The maximum atomic E-state index is 12.7. The van der Waals surface area contributed by atoms with Crippen molar-refractivity contribution in [2.45, 2.75) is 18.4 Å². The fourth-order valence-electron chi connectivity index (χ4n) is 2.47. The first-order valence-corrected chi connectivity index (χ1v) is 9.56. The largest absolute Gasteiger partial charge is 0.468 e. The van der Waals surface area contributed by atoms with Gasteiger partial charge in [-0.3, -0.25) is 14.1 Å². The highest BCUT2D eigenvalue weighted by Gasteiger charge is 2.19. The van der Waals surface area contributed by atoms with Gasteiger partial charge in [0.15, 0.2) is 5.58 Å². The van der Waals surface area contributed by atoms with Crippen LogP contribution in [0.5, 0.6) is 0 Å². The lowest BCUT2D eigenvalue weighted by atomic mass is 10.2. The van der Waals surface area contributed by atoms with Crippen LogP contribution in [0, 0.1) is 6.92 Å². The van der Waals surface area contributed by atoms with Crippen LogP contribution in [0.2, 0.25) is 5.02 Å². The third-order valence-electron chi connectivity index (χ3n) is 3.91. The highest BCUT2D eigenvalue weighted by molar-refractivity contribution is 7.92. The Labute approximate surface area is 159 Å². The normalized spacial score (nSPS) is 11.5. The molecule has 1 aromatic heterocycles. The monoisotopic (exact) mass is 410 g/mol. The summed E-state index contributed by atoms with van der Waals surface area (Å²) in [6.07, 6.45) is 0. The lowest BCUT2D eigenvalue weighted by molar-refractivity contribution is -0.141. The van der Waals surface area contributed by atoms with Crippen LogP contribution in [-0.4, -0.2) is 26.1 Å². The van der Waals surface area contributed by atoms with E-state index >= 15 is 0 Å². The summed E-state index contributed by atoms with van der Waals surface area (Å²) >= 11 is 5.92. The summed E-state index contributed by atoms with van der Waals surface area (Å²) in [5, 5.41) is 0.389. The van der Waals surface area contributed by atoms with Gasteiger partial charge in [-0.05, 0) is 36.8 Å². The summed E-state index contributed by atoms with van der Waals surface area (Å²) < 4.78 is 38.5. The number of rotatable bonds is 5. The zero-order valence-electron chi connectivity index (χ0n) is 14.4. The molecule has 3 rings (SSSR count). The predicted molar refractivity (Wildman–Crippen MR) is 99.5 cm³/mol. The van der Waals surface area contributed by atoms with Crippen molar-refractivity contribution in [1.29, 1.82) is 0 Å². The van der Waals surface area contributed by atoms with Gasteiger partial charge in [0.25, 0.3) is 10.0 Å². The van der Waals surface area contributed by atoms with Gasteiger partial charge >= 0.3 is 11.7 Å². The fraction of sp³-hybridized carbons (Fsp3) is 0.176. The molecule has 0 unspecified atom stereocenters. The average Bonchev–Trinajstić information content (AvgIpc) is 2.92. The van der Waals surface area contributed by atoms with Gasteiger partial charge in [-0.15, -0.1) is 0 Å². The van der Waals surface area contributed by atoms with Crippen molar-refractivity contribution in [3.8, 4) is 0 Å². The van der Waals surface area contributed by atoms with Gasteiger partial charge in [0, 0.05) is 11.1 Å². The number of nitrogens with zero attached hydrogens (tertiary/aromatic N) is 1. The number of halogens is 1. The topological polar surface area (TPSA) is 108 Å². The third-order valence-corrected chi connectivity index (χ3v) is 5.51. The van der Waals surface area contributed by atoms with Crippen LogP contribution in [0.4, 0.5) is 5.69 Å². The number of hydrogen-bond acceptors (Lipinski definition) is 6. The number of carbonyl (C=O) groups excluding carboxylic acids is 1. The predicted octanol–water partition coefficient (Wildman–Crippen LogP) is 2.53. The van der Waals surface area contributed by atoms with Crippen molar-refractivity contribution < 1.29 is 22.4 Å². The summed E-state index contributed by atoms with van der Waals surface area (Å²) in [6.45, 7) is 1.40. The molecule has 3 aromatic rings. The van der Waals surface area contributed by atoms with Gasteiger partial charge in [-0.1, -0.05) is 17.7 Å². The molecule has 142 valence electrons. The number of hydrogen-bond donors (Lipinski definition) is 1. The molecule has 0 aliphatic carbocycles. The van der Waals surface area contributed by atoms with E-state index in [1.54, 1.807) is 19.1 Å². The number of sulfonamides is 1. The van der Waals surface area contributed by atoms with E-state index in [0.29, 0.717) is 16.3 Å². The third kappa shape index (κ3) is 3.83. The van der Waals surface area contributed by atoms with Crippen LogP contribution in [0.3, 0.4) is 0 Å². The molecule has 0 radical (unpaired) electrons. The highest BCUT2D eigenvalue weighted by atomic mass is 35.5. The maximum absolute atomic E-state index is 12.7. The lowest BCUT2D eigenvalue weighted by Crippen LogP contribution is -2.20. The number of nitrogens with one attached hydrogen (secondary N) is 1. The van der Waals surface area contributed by atoms with Gasteiger partial charge in [0.05, 0.1) is 23.2 Å². The van der Waals surface area contributed by atoms with Gasteiger partial charge in [0.2, 0.25) is 0 Å². The maximum Gasteiger partial charge on any atom is 0.420 e. The number of anilines is 1. The van der Waals surface area contributed by atoms with Crippen molar-refractivity contribution >= 4 is 44.4 Å². The van der Waals surface area contributed by atoms with Crippen LogP contribution < -0.4 is 10.5 Å². The van der Waals surface area contributed by atoms with Crippen molar-refractivity contribution in [1.82, 2.24) is 4.57 Å². The first kappa shape index (κ1) is 19.0. The van der Waals surface area contributed by atoms with Gasteiger partial charge in [-0.2, -0.15) is 0 Å². The molecule has 0 amide bonds. The average molecular weight is 411 g/mol.